The Morgan fingerprint density at radius 2 is 2.29 bits per heavy atom. The number of rotatable bonds is 3. The average molecular weight is 253 g/mol. The second-order valence-electron chi connectivity index (χ2n) is 4.54. The number of likely N-dealkylation sites (tertiary alicyclic amines) is 1. The van der Waals surface area contributed by atoms with Crippen molar-refractivity contribution in [2.24, 2.45) is 5.92 Å². The lowest BCUT2D eigenvalue weighted by molar-refractivity contribution is 0.0695. The number of thiazole rings is 1. The predicted octanol–water partition coefficient (Wildman–Crippen LogP) is 1.52. The van der Waals surface area contributed by atoms with Gasteiger partial charge in [0.15, 0.2) is 0 Å². The van der Waals surface area contributed by atoms with Gasteiger partial charge in [-0.05, 0) is 39.3 Å². The van der Waals surface area contributed by atoms with Crippen LogP contribution in [-0.2, 0) is 0 Å². The van der Waals surface area contributed by atoms with Crippen LogP contribution in [0.25, 0.3) is 0 Å². The maximum absolute atomic E-state index is 12.2. The number of piperidine rings is 1. The van der Waals surface area contributed by atoms with Gasteiger partial charge in [-0.2, -0.15) is 0 Å². The van der Waals surface area contributed by atoms with Gasteiger partial charge in [-0.25, -0.2) is 4.98 Å². The number of aryl methyl sites for hydroxylation is 1. The van der Waals surface area contributed by atoms with Crippen LogP contribution in [0.2, 0.25) is 0 Å². The topological polar surface area (TPSA) is 45.2 Å². The van der Waals surface area contributed by atoms with Gasteiger partial charge in [0.2, 0.25) is 0 Å². The van der Waals surface area contributed by atoms with E-state index in [9.17, 15) is 4.79 Å². The molecule has 1 amide bonds. The van der Waals surface area contributed by atoms with Crippen molar-refractivity contribution in [2.75, 3.05) is 26.7 Å². The third-order valence-corrected chi connectivity index (χ3v) is 4.13. The van der Waals surface area contributed by atoms with E-state index in [1.807, 2.05) is 18.9 Å². The van der Waals surface area contributed by atoms with Crippen molar-refractivity contribution in [1.29, 1.82) is 0 Å². The largest absolute Gasteiger partial charge is 0.338 e. The number of carbonyl (C=O) groups is 1. The van der Waals surface area contributed by atoms with E-state index in [-0.39, 0.29) is 5.91 Å². The van der Waals surface area contributed by atoms with Crippen LogP contribution < -0.4 is 5.32 Å². The number of carbonyl (C=O) groups excluding carboxylic acids is 1. The number of aromatic nitrogens is 1. The number of amides is 1. The molecule has 0 radical (unpaired) electrons. The number of hydrogen-bond acceptors (Lipinski definition) is 4. The van der Waals surface area contributed by atoms with Gasteiger partial charge in [-0.3, -0.25) is 4.79 Å². The first-order valence-electron chi connectivity index (χ1n) is 6.07. The second kappa shape index (κ2) is 5.60. The van der Waals surface area contributed by atoms with E-state index in [1.54, 1.807) is 6.20 Å². The third kappa shape index (κ3) is 3.04. The maximum Gasteiger partial charge on any atom is 0.265 e. The minimum Gasteiger partial charge on any atom is -0.338 e. The van der Waals surface area contributed by atoms with E-state index in [0.29, 0.717) is 5.92 Å². The van der Waals surface area contributed by atoms with Gasteiger partial charge in [0, 0.05) is 13.1 Å². The quantitative estimate of drug-likeness (QED) is 0.888. The summed E-state index contributed by atoms with van der Waals surface area (Å²) in [5.74, 6) is 0.866. The Kier molecular flexibility index (Phi) is 4.12. The minimum absolute atomic E-state index is 0.151. The van der Waals surface area contributed by atoms with E-state index < -0.39 is 0 Å². The zero-order valence-electron chi connectivity index (χ0n) is 10.4. The zero-order chi connectivity index (χ0) is 12.3. The summed E-state index contributed by atoms with van der Waals surface area (Å²) in [4.78, 5) is 19.0. The summed E-state index contributed by atoms with van der Waals surface area (Å²) >= 11 is 1.49. The molecule has 0 saturated carbocycles. The molecule has 0 spiro atoms. The van der Waals surface area contributed by atoms with Gasteiger partial charge in [-0.1, -0.05) is 0 Å². The van der Waals surface area contributed by atoms with Crippen molar-refractivity contribution in [3.63, 3.8) is 0 Å². The Hall–Kier alpha value is -0.940. The lowest BCUT2D eigenvalue weighted by Crippen LogP contribution is -2.40. The van der Waals surface area contributed by atoms with Crippen LogP contribution in [0, 0.1) is 12.8 Å². The number of hydrogen-bond donors (Lipinski definition) is 1. The van der Waals surface area contributed by atoms with Crippen molar-refractivity contribution < 1.29 is 4.79 Å². The molecule has 0 aromatic carbocycles. The van der Waals surface area contributed by atoms with E-state index in [1.165, 1.54) is 11.3 Å². The molecule has 1 aromatic rings. The molecule has 1 saturated heterocycles. The normalized spacial score (nSPS) is 17.4. The van der Waals surface area contributed by atoms with Gasteiger partial charge >= 0.3 is 0 Å². The standard InChI is InChI=1S/C12H19N3OS/c1-9-14-8-11(17-9)12(16)15-5-3-10(4-6-15)7-13-2/h8,10,13H,3-7H2,1-2H3. The van der Waals surface area contributed by atoms with E-state index >= 15 is 0 Å². The van der Waals surface area contributed by atoms with Crippen LogP contribution in [0.5, 0.6) is 0 Å². The first-order chi connectivity index (χ1) is 8.20. The molecule has 94 valence electrons. The molecule has 2 heterocycles. The highest BCUT2D eigenvalue weighted by Crippen LogP contribution is 2.20. The summed E-state index contributed by atoms with van der Waals surface area (Å²) in [5.41, 5.74) is 0. The van der Waals surface area contributed by atoms with E-state index in [0.717, 1.165) is 42.4 Å². The fraction of sp³-hybridized carbons (Fsp3) is 0.667. The van der Waals surface area contributed by atoms with Crippen LogP contribution in [-0.4, -0.2) is 42.5 Å². The molecule has 1 aliphatic heterocycles. The van der Waals surface area contributed by atoms with E-state index in [2.05, 4.69) is 10.3 Å². The Morgan fingerprint density at radius 3 is 2.82 bits per heavy atom. The van der Waals surface area contributed by atoms with Crippen LogP contribution in [0.3, 0.4) is 0 Å². The predicted molar refractivity (Wildman–Crippen MR) is 69.4 cm³/mol. The Morgan fingerprint density at radius 1 is 1.59 bits per heavy atom. The Bertz CT molecular complexity index is 383. The van der Waals surface area contributed by atoms with Crippen molar-refractivity contribution in [2.45, 2.75) is 19.8 Å². The molecule has 1 aromatic heterocycles. The molecular formula is C12H19N3OS. The van der Waals surface area contributed by atoms with Gasteiger partial charge in [-0.15, -0.1) is 11.3 Å². The summed E-state index contributed by atoms with van der Waals surface area (Å²) in [6, 6.07) is 0. The molecule has 1 fully saturated rings. The lowest BCUT2D eigenvalue weighted by Gasteiger charge is -2.31. The molecule has 0 unspecified atom stereocenters. The molecule has 0 atom stereocenters. The van der Waals surface area contributed by atoms with Crippen LogP contribution >= 0.6 is 11.3 Å². The lowest BCUT2D eigenvalue weighted by atomic mass is 9.97. The smallest absolute Gasteiger partial charge is 0.265 e. The van der Waals surface area contributed by atoms with Gasteiger partial charge in [0.1, 0.15) is 4.88 Å². The minimum atomic E-state index is 0.151. The molecule has 17 heavy (non-hydrogen) atoms. The SMILES string of the molecule is CNCC1CCN(C(=O)c2cnc(C)s2)CC1. The highest BCUT2D eigenvalue weighted by atomic mass is 32.1. The van der Waals surface area contributed by atoms with E-state index in [4.69, 9.17) is 0 Å². The summed E-state index contributed by atoms with van der Waals surface area (Å²) in [6.45, 7) is 4.74. The fourth-order valence-electron chi connectivity index (χ4n) is 2.24. The molecule has 1 aliphatic rings. The highest BCUT2D eigenvalue weighted by Gasteiger charge is 2.24. The summed E-state index contributed by atoms with van der Waals surface area (Å²) in [7, 11) is 1.98. The van der Waals surface area contributed by atoms with Crippen molar-refractivity contribution in [1.82, 2.24) is 15.2 Å². The Balaban J connectivity index is 1.90. The van der Waals surface area contributed by atoms with Crippen molar-refractivity contribution >= 4 is 17.2 Å². The number of nitrogens with zero attached hydrogens (tertiary/aromatic N) is 2. The summed E-state index contributed by atoms with van der Waals surface area (Å²) < 4.78 is 0. The molecule has 0 bridgehead atoms. The highest BCUT2D eigenvalue weighted by molar-refractivity contribution is 7.13. The Labute approximate surface area is 106 Å². The van der Waals surface area contributed by atoms with Crippen molar-refractivity contribution in [3.05, 3.63) is 16.1 Å². The molecule has 2 rings (SSSR count). The zero-order valence-corrected chi connectivity index (χ0v) is 11.2. The average Bonchev–Trinajstić information content (AvgIpc) is 2.76. The fourth-order valence-corrected chi connectivity index (χ4v) is 2.99. The second-order valence-corrected chi connectivity index (χ2v) is 5.77. The molecular weight excluding hydrogens is 234 g/mol. The van der Waals surface area contributed by atoms with Gasteiger partial charge in [0.05, 0.1) is 11.2 Å². The first-order valence-corrected chi connectivity index (χ1v) is 6.88. The van der Waals surface area contributed by atoms with Crippen LogP contribution in [0.1, 0.15) is 27.5 Å². The summed E-state index contributed by atoms with van der Waals surface area (Å²) in [5, 5.41) is 4.16. The molecule has 1 N–H and O–H groups in total. The van der Waals surface area contributed by atoms with Gasteiger partial charge in [0.25, 0.3) is 5.91 Å². The van der Waals surface area contributed by atoms with Crippen molar-refractivity contribution in [3.8, 4) is 0 Å². The molecule has 5 heteroatoms. The summed E-state index contributed by atoms with van der Waals surface area (Å²) in [6.07, 6.45) is 3.90. The van der Waals surface area contributed by atoms with Gasteiger partial charge < -0.3 is 10.2 Å². The first kappa shape index (κ1) is 12.5. The van der Waals surface area contributed by atoms with Crippen LogP contribution in [0.15, 0.2) is 6.20 Å². The maximum atomic E-state index is 12.2. The third-order valence-electron chi connectivity index (χ3n) is 3.23. The van der Waals surface area contributed by atoms with Crippen LogP contribution in [0.4, 0.5) is 0 Å². The molecule has 4 nitrogen and oxygen atoms in total. The monoisotopic (exact) mass is 253 g/mol. The number of nitrogens with one attached hydrogen (secondary N) is 1. The molecule has 0 aliphatic carbocycles.